The molecule has 0 radical (unpaired) electrons. The highest BCUT2D eigenvalue weighted by molar-refractivity contribution is 5.58. The highest BCUT2D eigenvalue weighted by Gasteiger charge is 2.18. The summed E-state index contributed by atoms with van der Waals surface area (Å²) in [6.45, 7) is 11.2. The molecular formula is C55H62N12O3. The standard InChI is InChI=1S/2C20H22N4O.C15H18N4O/c2*1-2-4-16(5-3-1)15-24-12-10-20(23-24)22-18-8-6-17(7-9-18)19-14-21-11-13-25-19;1-11-2-7-15(19-18-11)17-13-5-3-12(4-6-13)14-10-16-8-9-20-14/h2*1-10,12,19,21H,11,13-15H2,(H,22,23);2-7,14,16H,8-10H2,1H3,(H,17,19)/t2*19-;14-/m101/s1. The Morgan fingerprint density at radius 2 is 0.829 bits per heavy atom. The van der Waals surface area contributed by atoms with Gasteiger partial charge in [0.15, 0.2) is 17.5 Å². The van der Waals surface area contributed by atoms with E-state index in [-0.39, 0.29) is 18.3 Å². The van der Waals surface area contributed by atoms with Gasteiger partial charge >= 0.3 is 0 Å². The molecule has 3 aliphatic heterocycles. The Labute approximate surface area is 410 Å². The SMILES string of the molecule is Cc1ccc(Nc2ccc([C@H]3CNCCO3)cc2)nn1.c1ccc(Cn2ccc(Nc3ccc([C@@H]4CNCCO4)cc3)n2)cc1.c1ccc(Cn2ccc(Nc3ccc([C@H]4CNCCO4)cc3)n2)cc1. The average Bonchev–Trinajstić information content (AvgIpc) is 4.07. The molecule has 6 heterocycles. The van der Waals surface area contributed by atoms with E-state index in [1.54, 1.807) is 0 Å². The van der Waals surface area contributed by atoms with E-state index in [0.29, 0.717) is 0 Å². The number of hydrogen-bond acceptors (Lipinski definition) is 13. The van der Waals surface area contributed by atoms with Crippen molar-refractivity contribution in [1.82, 2.24) is 45.7 Å². The summed E-state index contributed by atoms with van der Waals surface area (Å²) in [4.78, 5) is 0. The van der Waals surface area contributed by atoms with Crippen molar-refractivity contribution < 1.29 is 14.2 Å². The lowest BCUT2D eigenvalue weighted by atomic mass is 10.1. The molecule has 11 rings (SSSR count). The second-order valence-electron chi connectivity index (χ2n) is 17.3. The molecule has 0 aliphatic carbocycles. The molecule has 70 heavy (non-hydrogen) atoms. The number of benzene rings is 5. The lowest BCUT2D eigenvalue weighted by molar-refractivity contribution is 0.0276. The third-order valence-electron chi connectivity index (χ3n) is 11.9. The molecule has 5 aromatic carbocycles. The molecule has 15 heteroatoms. The second-order valence-corrected chi connectivity index (χ2v) is 17.3. The van der Waals surface area contributed by atoms with Crippen LogP contribution in [-0.4, -0.2) is 88.8 Å². The second kappa shape index (κ2) is 24.9. The Morgan fingerprint density at radius 1 is 0.443 bits per heavy atom. The number of nitrogens with zero attached hydrogens (tertiary/aromatic N) is 6. The Balaban J connectivity index is 0.000000131. The number of rotatable bonds is 13. The molecule has 0 spiro atoms. The molecule has 0 bridgehead atoms. The zero-order valence-corrected chi connectivity index (χ0v) is 39.6. The van der Waals surface area contributed by atoms with Crippen molar-refractivity contribution >= 4 is 34.5 Å². The number of hydrogen-bond donors (Lipinski definition) is 6. The summed E-state index contributed by atoms with van der Waals surface area (Å²) >= 11 is 0. The number of morpholine rings is 3. The van der Waals surface area contributed by atoms with Crippen molar-refractivity contribution in [2.45, 2.75) is 38.3 Å². The Morgan fingerprint density at radius 3 is 1.17 bits per heavy atom. The first kappa shape index (κ1) is 47.8. The summed E-state index contributed by atoms with van der Waals surface area (Å²) in [6, 6.07) is 53.5. The van der Waals surface area contributed by atoms with E-state index in [9.17, 15) is 0 Å². The van der Waals surface area contributed by atoms with Gasteiger partial charge in [-0.2, -0.15) is 15.3 Å². The minimum absolute atomic E-state index is 0.146. The van der Waals surface area contributed by atoms with Gasteiger partial charge in [-0.25, -0.2) is 0 Å². The summed E-state index contributed by atoms with van der Waals surface area (Å²) < 4.78 is 21.2. The Hall–Kier alpha value is -7.24. The van der Waals surface area contributed by atoms with Gasteiger partial charge in [-0.3, -0.25) is 9.36 Å². The molecular weight excluding hydrogens is 877 g/mol. The third-order valence-corrected chi connectivity index (χ3v) is 11.9. The smallest absolute Gasteiger partial charge is 0.153 e. The zero-order valence-electron chi connectivity index (χ0n) is 39.6. The summed E-state index contributed by atoms with van der Waals surface area (Å²) in [6.07, 6.45) is 4.42. The van der Waals surface area contributed by atoms with Gasteiger partial charge in [-0.15, -0.1) is 5.10 Å². The minimum atomic E-state index is 0.146. The zero-order chi connectivity index (χ0) is 47.6. The topological polar surface area (TPSA) is 161 Å². The Kier molecular flexibility index (Phi) is 17.0. The average molecular weight is 939 g/mol. The van der Waals surface area contributed by atoms with Crippen LogP contribution in [0.3, 0.4) is 0 Å². The van der Waals surface area contributed by atoms with Crippen LogP contribution in [0.25, 0.3) is 0 Å². The maximum Gasteiger partial charge on any atom is 0.153 e. The molecule has 3 aromatic heterocycles. The Bertz CT molecular complexity index is 2600. The van der Waals surface area contributed by atoms with E-state index in [2.05, 4.69) is 137 Å². The van der Waals surface area contributed by atoms with Crippen LogP contribution in [-0.2, 0) is 27.3 Å². The first-order valence-electron chi connectivity index (χ1n) is 24.1. The number of nitrogens with one attached hydrogen (secondary N) is 6. The van der Waals surface area contributed by atoms with Gasteiger partial charge in [-0.1, -0.05) is 97.1 Å². The van der Waals surface area contributed by atoms with E-state index in [0.717, 1.165) is 112 Å². The summed E-state index contributed by atoms with van der Waals surface area (Å²) in [5, 5.41) is 37.3. The van der Waals surface area contributed by atoms with Crippen molar-refractivity contribution in [3.63, 3.8) is 0 Å². The van der Waals surface area contributed by atoms with E-state index in [4.69, 9.17) is 14.2 Å². The lowest BCUT2D eigenvalue weighted by Gasteiger charge is -2.24. The van der Waals surface area contributed by atoms with Gasteiger partial charge < -0.3 is 46.1 Å². The monoisotopic (exact) mass is 939 g/mol. The largest absolute Gasteiger partial charge is 0.371 e. The van der Waals surface area contributed by atoms with Crippen LogP contribution in [0, 0.1) is 6.92 Å². The highest BCUT2D eigenvalue weighted by Crippen LogP contribution is 2.25. The predicted octanol–water partition coefficient (Wildman–Crippen LogP) is 8.86. The van der Waals surface area contributed by atoms with Crippen molar-refractivity contribution in [3.8, 4) is 0 Å². The highest BCUT2D eigenvalue weighted by atomic mass is 16.5. The minimum Gasteiger partial charge on any atom is -0.371 e. The fourth-order valence-corrected chi connectivity index (χ4v) is 8.16. The fourth-order valence-electron chi connectivity index (χ4n) is 8.16. The van der Waals surface area contributed by atoms with E-state index in [1.807, 2.05) is 101 Å². The number of aryl methyl sites for hydroxylation is 1. The van der Waals surface area contributed by atoms with Crippen LogP contribution in [0.2, 0.25) is 0 Å². The van der Waals surface area contributed by atoms with Crippen molar-refractivity contribution in [3.05, 3.63) is 204 Å². The summed E-state index contributed by atoms with van der Waals surface area (Å²) in [5.74, 6) is 2.44. The van der Waals surface area contributed by atoms with E-state index < -0.39 is 0 Å². The van der Waals surface area contributed by atoms with Crippen molar-refractivity contribution in [2.75, 3.05) is 75.0 Å². The van der Waals surface area contributed by atoms with Crippen LogP contribution in [0.5, 0.6) is 0 Å². The maximum absolute atomic E-state index is 5.78. The van der Waals surface area contributed by atoms with E-state index >= 15 is 0 Å². The van der Waals surface area contributed by atoms with Crippen LogP contribution in [0.1, 0.15) is 51.8 Å². The van der Waals surface area contributed by atoms with Gasteiger partial charge in [0.25, 0.3) is 0 Å². The maximum atomic E-state index is 5.78. The molecule has 3 atom stereocenters. The molecule has 3 saturated heterocycles. The molecule has 0 saturated carbocycles. The molecule has 0 unspecified atom stereocenters. The van der Waals surface area contributed by atoms with Gasteiger partial charge in [0.05, 0.1) is 56.9 Å². The van der Waals surface area contributed by atoms with E-state index in [1.165, 1.54) is 27.8 Å². The third kappa shape index (κ3) is 14.4. The van der Waals surface area contributed by atoms with Crippen molar-refractivity contribution in [2.24, 2.45) is 0 Å². The van der Waals surface area contributed by atoms with Gasteiger partial charge in [0, 0.05) is 80.9 Å². The molecule has 360 valence electrons. The first-order valence-corrected chi connectivity index (χ1v) is 24.1. The van der Waals surface area contributed by atoms with Crippen LogP contribution in [0.4, 0.5) is 34.5 Å². The van der Waals surface area contributed by atoms with Crippen LogP contribution < -0.4 is 31.9 Å². The molecule has 0 amide bonds. The van der Waals surface area contributed by atoms with Crippen molar-refractivity contribution in [1.29, 1.82) is 0 Å². The number of ether oxygens (including phenoxy) is 3. The molecule has 15 nitrogen and oxygen atoms in total. The molecule has 6 N–H and O–H groups in total. The first-order chi connectivity index (χ1) is 34.5. The number of anilines is 6. The molecule has 3 fully saturated rings. The van der Waals surface area contributed by atoms with Gasteiger partial charge in [0.2, 0.25) is 0 Å². The predicted molar refractivity (Wildman–Crippen MR) is 276 cm³/mol. The van der Waals surface area contributed by atoms with Crippen LogP contribution in [0.15, 0.2) is 170 Å². The number of aromatic nitrogens is 6. The molecule has 8 aromatic rings. The lowest BCUT2D eigenvalue weighted by Crippen LogP contribution is -2.33. The summed E-state index contributed by atoms with van der Waals surface area (Å²) in [7, 11) is 0. The fraction of sp³-hybridized carbons (Fsp3) is 0.273. The normalized spacial score (nSPS) is 17.8. The molecule has 3 aliphatic rings. The summed E-state index contributed by atoms with van der Waals surface area (Å²) in [5.41, 5.74) is 10.0. The quantitative estimate of drug-likeness (QED) is 0.0651. The van der Waals surface area contributed by atoms with Gasteiger partial charge in [-0.05, 0) is 83.3 Å². The van der Waals surface area contributed by atoms with Gasteiger partial charge in [0.1, 0.15) is 0 Å². The van der Waals surface area contributed by atoms with Crippen LogP contribution >= 0.6 is 0 Å².